The number of methoxy groups -OCH3 is 1. The number of thioether (sulfide) groups is 1. The largest absolute Gasteiger partial charge is 0.497 e. The van der Waals surface area contributed by atoms with Gasteiger partial charge in [-0.25, -0.2) is 0 Å². The maximum absolute atomic E-state index is 13.6. The number of rotatable bonds is 5. The van der Waals surface area contributed by atoms with Crippen molar-refractivity contribution >= 4 is 29.3 Å². The molecule has 2 atom stereocenters. The minimum Gasteiger partial charge on any atom is -0.497 e. The summed E-state index contributed by atoms with van der Waals surface area (Å²) in [6, 6.07) is 13.4. The quantitative estimate of drug-likeness (QED) is 0.791. The third kappa shape index (κ3) is 4.09. The van der Waals surface area contributed by atoms with Gasteiger partial charge in [0.05, 0.1) is 20.8 Å². The van der Waals surface area contributed by atoms with Crippen molar-refractivity contribution in [2.45, 2.75) is 23.2 Å². The Hall–Kier alpha value is -2.51. The number of nitrogens with zero attached hydrogens (tertiary/aromatic N) is 1. The van der Waals surface area contributed by atoms with Gasteiger partial charge in [-0.05, 0) is 29.8 Å². The molecule has 27 heavy (non-hydrogen) atoms. The van der Waals surface area contributed by atoms with Crippen LogP contribution in [-0.4, -0.2) is 38.1 Å². The van der Waals surface area contributed by atoms with E-state index in [1.165, 1.54) is 24.9 Å². The van der Waals surface area contributed by atoms with Gasteiger partial charge in [-0.2, -0.15) is 0 Å². The fourth-order valence-electron chi connectivity index (χ4n) is 2.82. The number of hydrogen-bond donors (Lipinski definition) is 1. The second-order valence-electron chi connectivity index (χ2n) is 5.74. The Kier molecular flexibility index (Phi) is 4.55. The van der Waals surface area contributed by atoms with E-state index in [4.69, 9.17) is 20.7 Å². The SMILES string of the molecule is [2H]C([2H])(N)C([2H])([2H])N1C(=O)[C@H](OC(C)=O)[C@H](c2ccc(OC)cc2)Sc2ccccc21. The van der Waals surface area contributed by atoms with Gasteiger partial charge in [0.25, 0.3) is 5.91 Å². The molecule has 0 spiro atoms. The molecule has 0 saturated heterocycles. The number of carbonyl (C=O) groups excluding carboxylic acids is 2. The number of amides is 1. The Morgan fingerprint density at radius 2 is 1.96 bits per heavy atom. The molecule has 0 radical (unpaired) electrons. The van der Waals surface area contributed by atoms with Crippen LogP contribution in [0.5, 0.6) is 5.75 Å². The Morgan fingerprint density at radius 3 is 2.59 bits per heavy atom. The Balaban J connectivity index is 2.20. The lowest BCUT2D eigenvalue weighted by Gasteiger charge is -2.27. The highest BCUT2D eigenvalue weighted by Gasteiger charge is 2.40. The molecule has 142 valence electrons. The van der Waals surface area contributed by atoms with E-state index in [-0.39, 0.29) is 5.69 Å². The minimum absolute atomic E-state index is 0.144. The zero-order valence-electron chi connectivity index (χ0n) is 18.8. The Bertz CT molecular complexity index is 982. The van der Waals surface area contributed by atoms with Crippen LogP contribution >= 0.6 is 11.8 Å². The topological polar surface area (TPSA) is 81.9 Å². The van der Waals surface area contributed by atoms with Gasteiger partial charge in [0.2, 0.25) is 0 Å². The second-order valence-corrected chi connectivity index (χ2v) is 6.92. The van der Waals surface area contributed by atoms with Gasteiger partial charge in [-0.3, -0.25) is 9.59 Å². The van der Waals surface area contributed by atoms with Crippen LogP contribution in [0.3, 0.4) is 0 Å². The molecule has 2 aromatic rings. The van der Waals surface area contributed by atoms with E-state index in [9.17, 15) is 9.59 Å². The van der Waals surface area contributed by atoms with Crippen molar-refractivity contribution in [2.24, 2.45) is 5.73 Å². The predicted molar refractivity (Wildman–Crippen MR) is 105 cm³/mol. The van der Waals surface area contributed by atoms with Crippen LogP contribution in [0.2, 0.25) is 0 Å². The minimum atomic E-state index is -2.92. The predicted octanol–water partition coefficient (Wildman–Crippen LogP) is 2.77. The number of carbonyl (C=O) groups is 2. The fraction of sp³-hybridized carbons (Fsp3) is 0.300. The molecular formula is C20H22N2O4S. The molecule has 0 unspecified atom stereocenters. The fourth-order valence-corrected chi connectivity index (χ4v) is 4.12. The molecule has 0 aliphatic carbocycles. The summed E-state index contributed by atoms with van der Waals surface area (Å²) in [5, 5.41) is -0.715. The number of hydrogen-bond acceptors (Lipinski definition) is 6. The van der Waals surface area contributed by atoms with E-state index in [1.54, 1.807) is 42.5 Å². The number of fused-ring (bicyclic) bond motifs is 1. The molecule has 1 amide bonds. The number of nitrogens with two attached hydrogens (primary N) is 1. The summed E-state index contributed by atoms with van der Waals surface area (Å²) in [5.41, 5.74) is 6.27. The van der Waals surface area contributed by atoms with Crippen molar-refractivity contribution < 1.29 is 24.5 Å². The molecule has 0 saturated carbocycles. The summed E-state index contributed by atoms with van der Waals surface area (Å²) < 4.78 is 42.8. The van der Waals surface area contributed by atoms with Gasteiger partial charge >= 0.3 is 5.97 Å². The average molecular weight is 390 g/mol. The summed E-state index contributed by atoms with van der Waals surface area (Å²) in [4.78, 5) is 26.6. The van der Waals surface area contributed by atoms with Gasteiger partial charge in [0, 0.05) is 27.6 Å². The first-order valence-corrected chi connectivity index (χ1v) is 9.05. The van der Waals surface area contributed by atoms with Crippen molar-refractivity contribution in [1.82, 2.24) is 0 Å². The van der Waals surface area contributed by atoms with E-state index in [2.05, 4.69) is 0 Å². The van der Waals surface area contributed by atoms with Crippen LogP contribution in [-0.2, 0) is 14.3 Å². The Labute approximate surface area is 168 Å². The lowest BCUT2D eigenvalue weighted by atomic mass is 10.1. The molecule has 1 heterocycles. The van der Waals surface area contributed by atoms with Crippen molar-refractivity contribution in [3.8, 4) is 5.75 Å². The standard InChI is InChI=1S/C20H22N2O4S/c1-13(23)26-18-19(14-7-9-15(25-2)10-8-14)27-17-6-4-3-5-16(17)22(12-11-21)20(18)24/h3-10,18-19H,11-12,21H2,1-2H3/t18-,19+/m1/s1/i11D2,12D2. The van der Waals surface area contributed by atoms with E-state index in [1.807, 2.05) is 0 Å². The van der Waals surface area contributed by atoms with E-state index < -0.39 is 36.2 Å². The maximum Gasteiger partial charge on any atom is 0.303 e. The molecule has 1 aliphatic rings. The van der Waals surface area contributed by atoms with E-state index in [0.29, 0.717) is 21.1 Å². The lowest BCUT2D eigenvalue weighted by molar-refractivity contribution is -0.152. The van der Waals surface area contributed by atoms with Gasteiger partial charge in [0.15, 0.2) is 6.10 Å². The molecule has 0 bridgehead atoms. The van der Waals surface area contributed by atoms with Gasteiger partial charge in [-0.1, -0.05) is 24.3 Å². The lowest BCUT2D eigenvalue weighted by Crippen LogP contribution is -2.44. The van der Waals surface area contributed by atoms with Crippen molar-refractivity contribution in [2.75, 3.05) is 25.0 Å². The molecular weight excluding hydrogens is 364 g/mol. The highest BCUT2D eigenvalue weighted by molar-refractivity contribution is 7.99. The molecule has 7 heteroatoms. The van der Waals surface area contributed by atoms with Crippen LogP contribution in [0.25, 0.3) is 0 Å². The van der Waals surface area contributed by atoms with Crippen LogP contribution < -0.4 is 15.4 Å². The molecule has 2 aromatic carbocycles. The number of benzene rings is 2. The summed E-state index contributed by atoms with van der Waals surface area (Å²) in [5.74, 6) is -1.03. The first-order valence-electron chi connectivity index (χ1n) is 10.2. The van der Waals surface area contributed by atoms with Crippen molar-refractivity contribution in [3.05, 3.63) is 54.1 Å². The van der Waals surface area contributed by atoms with Crippen LogP contribution in [0.4, 0.5) is 5.69 Å². The first kappa shape index (κ1) is 14.5. The molecule has 0 aromatic heterocycles. The number of para-hydroxylation sites is 1. The zero-order chi connectivity index (χ0) is 23.0. The summed E-state index contributed by atoms with van der Waals surface area (Å²) in [6.07, 6.45) is -1.42. The van der Waals surface area contributed by atoms with E-state index in [0.717, 1.165) is 6.92 Å². The number of anilines is 1. The molecule has 3 rings (SSSR count). The van der Waals surface area contributed by atoms with Gasteiger partial charge in [0.1, 0.15) is 5.75 Å². The molecule has 1 aliphatic heterocycles. The normalized spacial score (nSPS) is 22.5. The molecule has 0 fully saturated rings. The highest BCUT2D eigenvalue weighted by Crippen LogP contribution is 2.46. The number of esters is 1. The van der Waals surface area contributed by atoms with Crippen LogP contribution in [0.1, 0.15) is 23.2 Å². The second kappa shape index (κ2) is 8.45. The van der Waals surface area contributed by atoms with E-state index >= 15 is 0 Å². The van der Waals surface area contributed by atoms with Crippen LogP contribution in [0.15, 0.2) is 53.4 Å². The monoisotopic (exact) mass is 390 g/mol. The third-order valence-corrected chi connectivity index (χ3v) is 5.38. The van der Waals surface area contributed by atoms with Gasteiger partial charge in [-0.15, -0.1) is 11.8 Å². The summed E-state index contributed by atoms with van der Waals surface area (Å²) in [6.45, 7) is -4.66. The Morgan fingerprint density at radius 1 is 1.26 bits per heavy atom. The summed E-state index contributed by atoms with van der Waals surface area (Å²) in [7, 11) is 1.53. The zero-order valence-corrected chi connectivity index (χ0v) is 15.7. The van der Waals surface area contributed by atoms with Crippen molar-refractivity contribution in [1.29, 1.82) is 0 Å². The highest BCUT2D eigenvalue weighted by atomic mass is 32.2. The maximum atomic E-state index is 13.6. The number of ether oxygens (including phenoxy) is 2. The molecule has 6 nitrogen and oxygen atoms in total. The van der Waals surface area contributed by atoms with Crippen LogP contribution in [0, 0.1) is 0 Å². The smallest absolute Gasteiger partial charge is 0.303 e. The first-order chi connectivity index (χ1) is 14.5. The molecule has 2 N–H and O–H groups in total. The van der Waals surface area contributed by atoms with Gasteiger partial charge < -0.3 is 20.1 Å². The summed E-state index contributed by atoms with van der Waals surface area (Å²) >= 11 is 1.22. The average Bonchev–Trinajstić information content (AvgIpc) is 2.82. The van der Waals surface area contributed by atoms with Crippen molar-refractivity contribution in [3.63, 3.8) is 0 Å². The third-order valence-electron chi connectivity index (χ3n) is 4.01.